The van der Waals surface area contributed by atoms with Crippen LogP contribution in [-0.2, 0) is 11.0 Å². The number of unbranched alkanes of at least 4 members (excludes halogenated alkanes) is 1. The number of carbonyl (C=O) groups excluding carboxylic acids is 2. The van der Waals surface area contributed by atoms with E-state index in [2.05, 4.69) is 0 Å². The third kappa shape index (κ3) is 5.50. The quantitative estimate of drug-likeness (QED) is 0.242. The van der Waals surface area contributed by atoms with E-state index in [1.54, 1.807) is 0 Å². The van der Waals surface area contributed by atoms with Crippen LogP contribution in [0.1, 0.15) is 30.9 Å². The molecule has 1 heterocycles. The van der Waals surface area contributed by atoms with Crippen molar-refractivity contribution in [1.29, 1.82) is 0 Å². The minimum Gasteiger partial charge on any atom is -0.493 e. The molecule has 0 radical (unpaired) electrons. The van der Waals surface area contributed by atoms with E-state index in [1.165, 1.54) is 36.3 Å². The van der Waals surface area contributed by atoms with Gasteiger partial charge in [0.1, 0.15) is 0 Å². The number of nitro benzene ring substituents is 1. The number of methoxy groups -OCH3 is 1. The third-order valence-electron chi connectivity index (χ3n) is 4.80. The Morgan fingerprint density at radius 1 is 1.12 bits per heavy atom. The number of ether oxygens (including phenoxy) is 2. The summed E-state index contributed by atoms with van der Waals surface area (Å²) in [6.45, 7) is 2.28. The first-order valence-corrected chi connectivity index (χ1v) is 10.8. The molecule has 3 rings (SSSR count). The van der Waals surface area contributed by atoms with E-state index in [1.807, 2.05) is 6.92 Å². The number of alkyl halides is 3. The van der Waals surface area contributed by atoms with E-state index in [9.17, 15) is 32.9 Å². The van der Waals surface area contributed by atoms with Crippen LogP contribution in [0.2, 0.25) is 0 Å². The van der Waals surface area contributed by atoms with Gasteiger partial charge in [-0.25, -0.2) is 0 Å². The maximum absolute atomic E-state index is 12.9. The Labute approximate surface area is 196 Å². The van der Waals surface area contributed by atoms with E-state index in [0.717, 1.165) is 24.2 Å². The molecule has 2 aromatic carbocycles. The summed E-state index contributed by atoms with van der Waals surface area (Å²) in [4.78, 5) is 36.3. The van der Waals surface area contributed by atoms with Gasteiger partial charge in [-0.2, -0.15) is 13.2 Å². The van der Waals surface area contributed by atoms with Crippen LogP contribution in [0.15, 0.2) is 41.3 Å². The van der Waals surface area contributed by atoms with E-state index in [4.69, 9.17) is 9.47 Å². The van der Waals surface area contributed by atoms with E-state index in [-0.39, 0.29) is 21.6 Å². The summed E-state index contributed by atoms with van der Waals surface area (Å²) in [5, 5.41) is 10.9. The number of thioether (sulfide) groups is 1. The smallest absolute Gasteiger partial charge is 0.416 e. The molecule has 0 atom stereocenters. The molecule has 0 unspecified atom stereocenters. The Hall–Kier alpha value is -3.54. The molecule has 180 valence electrons. The minimum atomic E-state index is -4.75. The van der Waals surface area contributed by atoms with Crippen molar-refractivity contribution in [2.45, 2.75) is 25.9 Å². The zero-order chi connectivity index (χ0) is 25.0. The van der Waals surface area contributed by atoms with Gasteiger partial charge < -0.3 is 9.47 Å². The summed E-state index contributed by atoms with van der Waals surface area (Å²) >= 11 is 0.815. The molecule has 8 nitrogen and oxygen atoms in total. The molecule has 1 fully saturated rings. The molecule has 2 amide bonds. The number of imide groups is 1. The van der Waals surface area contributed by atoms with Crippen LogP contribution >= 0.6 is 11.8 Å². The van der Waals surface area contributed by atoms with Gasteiger partial charge in [0.05, 0.1) is 22.5 Å². The molecule has 34 heavy (non-hydrogen) atoms. The number of amides is 2. The standard InChI is InChI=1S/C22H19F3N2O6S/c1-3-4-9-26-20(28)19(34-21(26)29)11-13-5-7-17(18(10-13)32-2)33-16-8-6-14(22(23,24)25)12-15(16)27(30)31/h5-8,10-12H,3-4,9H2,1-2H3/b19-11+. The van der Waals surface area contributed by atoms with Crippen LogP contribution in [0.4, 0.5) is 23.7 Å². The predicted molar refractivity (Wildman–Crippen MR) is 119 cm³/mol. The lowest BCUT2D eigenvalue weighted by molar-refractivity contribution is -0.385. The summed E-state index contributed by atoms with van der Waals surface area (Å²) in [5.74, 6) is -0.670. The van der Waals surface area contributed by atoms with Gasteiger partial charge in [0.2, 0.25) is 5.75 Å². The Bertz CT molecular complexity index is 1170. The zero-order valence-electron chi connectivity index (χ0n) is 18.0. The predicted octanol–water partition coefficient (Wildman–Crippen LogP) is 6.25. The molecular formula is C22H19F3N2O6S. The molecule has 0 aliphatic carbocycles. The third-order valence-corrected chi connectivity index (χ3v) is 5.70. The van der Waals surface area contributed by atoms with Gasteiger partial charge >= 0.3 is 11.9 Å². The largest absolute Gasteiger partial charge is 0.493 e. The molecule has 2 aromatic rings. The van der Waals surface area contributed by atoms with Gasteiger partial charge in [-0.05, 0) is 54.1 Å². The molecule has 1 aliphatic rings. The highest BCUT2D eigenvalue weighted by molar-refractivity contribution is 8.18. The van der Waals surface area contributed by atoms with Gasteiger partial charge in [0, 0.05) is 12.6 Å². The number of nitrogens with zero attached hydrogens (tertiary/aromatic N) is 2. The van der Waals surface area contributed by atoms with Crippen LogP contribution in [0.25, 0.3) is 6.08 Å². The fourth-order valence-corrected chi connectivity index (χ4v) is 3.92. The average Bonchev–Trinajstić information content (AvgIpc) is 3.04. The molecule has 1 aliphatic heterocycles. The van der Waals surface area contributed by atoms with Crippen molar-refractivity contribution in [3.8, 4) is 17.2 Å². The highest BCUT2D eigenvalue weighted by atomic mass is 32.2. The molecule has 0 spiro atoms. The highest BCUT2D eigenvalue weighted by Gasteiger charge is 2.35. The average molecular weight is 496 g/mol. The minimum absolute atomic E-state index is 0.0126. The Morgan fingerprint density at radius 3 is 2.44 bits per heavy atom. The van der Waals surface area contributed by atoms with Crippen molar-refractivity contribution >= 4 is 34.7 Å². The maximum atomic E-state index is 12.9. The van der Waals surface area contributed by atoms with Crippen molar-refractivity contribution in [3.63, 3.8) is 0 Å². The van der Waals surface area contributed by atoms with Crippen molar-refractivity contribution < 1.29 is 37.2 Å². The number of halogens is 3. The lowest BCUT2D eigenvalue weighted by Crippen LogP contribution is -2.29. The SMILES string of the molecule is CCCCN1C(=O)S/C(=C/c2ccc(Oc3ccc(C(F)(F)F)cc3[N+](=O)[O-])c(OC)c2)C1=O. The second-order valence-corrected chi connectivity index (χ2v) is 8.13. The van der Waals surface area contributed by atoms with E-state index < -0.39 is 34.0 Å². The van der Waals surface area contributed by atoms with Crippen LogP contribution in [0.5, 0.6) is 17.2 Å². The lowest BCUT2D eigenvalue weighted by Gasteiger charge is -2.13. The number of carbonyl (C=O) groups is 2. The maximum Gasteiger partial charge on any atom is 0.416 e. The van der Waals surface area contributed by atoms with Crippen LogP contribution in [0.3, 0.4) is 0 Å². The highest BCUT2D eigenvalue weighted by Crippen LogP contribution is 2.41. The molecule has 12 heteroatoms. The normalized spacial score (nSPS) is 15.2. The number of benzene rings is 2. The van der Waals surface area contributed by atoms with Gasteiger partial charge in [0.15, 0.2) is 11.5 Å². The van der Waals surface area contributed by atoms with E-state index >= 15 is 0 Å². The molecule has 1 saturated heterocycles. The summed E-state index contributed by atoms with van der Waals surface area (Å²) in [6, 6.07) is 6.33. The van der Waals surface area contributed by atoms with Gasteiger partial charge in [-0.15, -0.1) is 0 Å². The second kappa shape index (κ2) is 10.2. The van der Waals surface area contributed by atoms with Gasteiger partial charge in [-0.3, -0.25) is 24.6 Å². The monoisotopic (exact) mass is 496 g/mol. The summed E-state index contributed by atoms with van der Waals surface area (Å²) < 4.78 is 49.5. The van der Waals surface area contributed by atoms with Gasteiger partial charge in [-0.1, -0.05) is 19.4 Å². The Kier molecular flexibility index (Phi) is 7.50. The number of rotatable bonds is 8. The first kappa shape index (κ1) is 25.1. The first-order valence-electron chi connectivity index (χ1n) is 10.0. The zero-order valence-corrected chi connectivity index (χ0v) is 18.9. The fourth-order valence-electron chi connectivity index (χ4n) is 3.06. The fraction of sp³-hybridized carbons (Fsp3) is 0.273. The summed E-state index contributed by atoms with van der Waals surface area (Å²) in [6.07, 6.45) is -1.72. The molecule has 0 aromatic heterocycles. The Morgan fingerprint density at radius 2 is 1.82 bits per heavy atom. The molecular weight excluding hydrogens is 477 g/mol. The van der Waals surface area contributed by atoms with Gasteiger partial charge in [0.25, 0.3) is 11.1 Å². The van der Waals surface area contributed by atoms with Crippen LogP contribution in [-0.4, -0.2) is 34.6 Å². The van der Waals surface area contributed by atoms with Crippen LogP contribution < -0.4 is 9.47 Å². The molecule has 0 bridgehead atoms. The van der Waals surface area contributed by atoms with Crippen LogP contribution in [0, 0.1) is 10.1 Å². The topological polar surface area (TPSA) is 99.0 Å². The lowest BCUT2D eigenvalue weighted by atomic mass is 10.1. The van der Waals surface area contributed by atoms with Crippen molar-refractivity contribution in [3.05, 3.63) is 62.5 Å². The summed E-state index contributed by atoms with van der Waals surface area (Å²) in [5.41, 5.74) is -1.55. The number of hydrogen-bond acceptors (Lipinski definition) is 7. The number of hydrogen-bond donors (Lipinski definition) is 0. The van der Waals surface area contributed by atoms with Crippen molar-refractivity contribution in [2.75, 3.05) is 13.7 Å². The molecule has 0 saturated carbocycles. The second-order valence-electron chi connectivity index (χ2n) is 7.14. The first-order chi connectivity index (χ1) is 16.0. The Balaban J connectivity index is 1.88. The van der Waals surface area contributed by atoms with Crippen molar-refractivity contribution in [1.82, 2.24) is 4.90 Å². The van der Waals surface area contributed by atoms with Crippen molar-refractivity contribution in [2.24, 2.45) is 0 Å². The molecule has 0 N–H and O–H groups in total. The number of nitro groups is 1. The van der Waals surface area contributed by atoms with E-state index in [0.29, 0.717) is 30.7 Å². The summed E-state index contributed by atoms with van der Waals surface area (Å²) in [7, 11) is 1.31.